The molecule has 3 N–H and O–H groups in total. The number of ketones is 1. The number of Topliss-reactive ketones (excluding diaryl/α,β-unsaturated/α-hetero) is 1. The van der Waals surface area contributed by atoms with Gasteiger partial charge in [0.15, 0.2) is 12.4 Å². The molecule has 0 aliphatic rings. The van der Waals surface area contributed by atoms with Crippen molar-refractivity contribution in [3.63, 3.8) is 0 Å². The highest BCUT2D eigenvalue weighted by Gasteiger charge is 2.14. The lowest BCUT2D eigenvalue weighted by molar-refractivity contribution is -0.683. The maximum atomic E-state index is 12.1. The van der Waals surface area contributed by atoms with Crippen LogP contribution in [0.2, 0.25) is 5.02 Å². The highest BCUT2D eigenvalue weighted by Crippen LogP contribution is 2.10. The molecule has 2 rings (SSSR count). The lowest BCUT2D eigenvalue weighted by atomic mass is 10.1. The summed E-state index contributed by atoms with van der Waals surface area (Å²) in [4.78, 5) is 23.5. The zero-order valence-electron chi connectivity index (χ0n) is 10.9. The number of carbonyl (C=O) groups is 2. The van der Waals surface area contributed by atoms with Crippen molar-refractivity contribution in [3.8, 4) is 0 Å². The van der Waals surface area contributed by atoms with Crippen LogP contribution in [-0.4, -0.2) is 11.7 Å². The standard InChI is InChI=1S/C14H12ClN3O2.ClH/c15-12-5-3-10(4-6-12)13(19)9-18-7-1-2-11(8-18)14(20)17-16;/h1-8H,9,16H2;1H. The summed E-state index contributed by atoms with van der Waals surface area (Å²) in [5.74, 6) is 4.60. The first-order valence-corrected chi connectivity index (χ1v) is 6.27. The van der Waals surface area contributed by atoms with Crippen LogP contribution in [0.5, 0.6) is 0 Å². The number of nitrogens with one attached hydrogen (secondary N) is 1. The summed E-state index contributed by atoms with van der Waals surface area (Å²) >= 11 is 5.78. The Morgan fingerprint density at radius 2 is 1.81 bits per heavy atom. The zero-order valence-corrected chi connectivity index (χ0v) is 12.4. The van der Waals surface area contributed by atoms with E-state index in [4.69, 9.17) is 17.4 Å². The Balaban J connectivity index is 0.00000220. The highest BCUT2D eigenvalue weighted by atomic mass is 35.5. The molecule has 1 heterocycles. The summed E-state index contributed by atoms with van der Waals surface area (Å²) in [6.07, 6.45) is 3.27. The van der Waals surface area contributed by atoms with Crippen molar-refractivity contribution in [2.75, 3.05) is 0 Å². The van der Waals surface area contributed by atoms with Gasteiger partial charge in [0, 0.05) is 16.7 Å². The Labute approximate surface area is 133 Å². The molecule has 1 amide bonds. The number of carbonyl (C=O) groups excluding carboxylic acids is 2. The molecule has 110 valence electrons. The van der Waals surface area contributed by atoms with E-state index in [0.29, 0.717) is 16.1 Å². The normalized spacial score (nSPS) is 9.62. The lowest BCUT2D eigenvalue weighted by Gasteiger charge is -2.01. The Morgan fingerprint density at radius 3 is 2.43 bits per heavy atom. The van der Waals surface area contributed by atoms with Crippen molar-refractivity contribution in [2.45, 2.75) is 6.54 Å². The number of aromatic nitrogens is 1. The van der Waals surface area contributed by atoms with E-state index in [0.717, 1.165) is 0 Å². The third-order valence-electron chi connectivity index (χ3n) is 2.74. The van der Waals surface area contributed by atoms with E-state index in [1.165, 1.54) is 0 Å². The number of rotatable bonds is 4. The molecule has 1 aromatic carbocycles. The number of amides is 1. The van der Waals surface area contributed by atoms with Crippen molar-refractivity contribution in [3.05, 3.63) is 64.9 Å². The lowest BCUT2D eigenvalue weighted by Crippen LogP contribution is -3.00. The molecule has 0 unspecified atom stereocenters. The first-order valence-electron chi connectivity index (χ1n) is 5.89. The summed E-state index contributed by atoms with van der Waals surface area (Å²) in [7, 11) is 0. The Kier molecular flexibility index (Phi) is 6.30. The predicted molar refractivity (Wildman–Crippen MR) is 74.1 cm³/mol. The largest absolute Gasteiger partial charge is 1.00 e. The Hall–Kier alpha value is -1.95. The van der Waals surface area contributed by atoms with Crippen LogP contribution < -0.4 is 28.2 Å². The molecule has 0 atom stereocenters. The number of nitrogen functional groups attached to an aromatic ring is 1. The van der Waals surface area contributed by atoms with Crippen LogP contribution in [0.25, 0.3) is 0 Å². The molecular weight excluding hydrogens is 313 g/mol. The second kappa shape index (κ2) is 7.73. The minimum absolute atomic E-state index is 0. The van der Waals surface area contributed by atoms with Gasteiger partial charge in [-0.25, -0.2) is 5.84 Å². The average molecular weight is 326 g/mol. The van der Waals surface area contributed by atoms with Gasteiger partial charge in [0.2, 0.25) is 12.3 Å². The molecule has 0 aliphatic heterocycles. The van der Waals surface area contributed by atoms with Crippen LogP contribution in [0, 0.1) is 0 Å². The fourth-order valence-corrected chi connectivity index (χ4v) is 1.86. The van der Waals surface area contributed by atoms with Gasteiger partial charge >= 0.3 is 0 Å². The van der Waals surface area contributed by atoms with E-state index >= 15 is 0 Å². The third-order valence-corrected chi connectivity index (χ3v) is 3.00. The van der Waals surface area contributed by atoms with Gasteiger partial charge in [0.05, 0.1) is 0 Å². The van der Waals surface area contributed by atoms with Crippen molar-refractivity contribution in [1.82, 2.24) is 5.43 Å². The minimum Gasteiger partial charge on any atom is -1.00 e. The molecule has 7 heteroatoms. The molecule has 1 aromatic heterocycles. The maximum absolute atomic E-state index is 12.1. The van der Waals surface area contributed by atoms with Crippen molar-refractivity contribution in [2.24, 2.45) is 5.84 Å². The van der Waals surface area contributed by atoms with E-state index in [9.17, 15) is 9.59 Å². The molecule has 0 aliphatic carbocycles. The van der Waals surface area contributed by atoms with Gasteiger partial charge in [0.25, 0.3) is 5.91 Å². The molecule has 5 nitrogen and oxygen atoms in total. The smallest absolute Gasteiger partial charge is 0.271 e. The Morgan fingerprint density at radius 1 is 1.14 bits per heavy atom. The molecular formula is C14H13Cl2N3O2. The fourth-order valence-electron chi connectivity index (χ4n) is 1.73. The number of pyridine rings is 1. The second-order valence-electron chi connectivity index (χ2n) is 4.17. The number of halogens is 2. The number of hydrazine groups is 1. The van der Waals surface area contributed by atoms with Crippen molar-refractivity contribution in [1.29, 1.82) is 0 Å². The second-order valence-corrected chi connectivity index (χ2v) is 4.60. The van der Waals surface area contributed by atoms with E-state index in [2.05, 4.69) is 0 Å². The highest BCUT2D eigenvalue weighted by molar-refractivity contribution is 6.30. The van der Waals surface area contributed by atoms with Gasteiger partial charge in [-0.1, -0.05) is 11.6 Å². The van der Waals surface area contributed by atoms with Crippen LogP contribution in [0.3, 0.4) is 0 Å². The van der Waals surface area contributed by atoms with Crippen molar-refractivity contribution >= 4 is 23.3 Å². The summed E-state index contributed by atoms with van der Waals surface area (Å²) in [6.45, 7) is 0.132. The first kappa shape index (κ1) is 17.1. The molecule has 0 radical (unpaired) electrons. The van der Waals surface area contributed by atoms with E-state index in [-0.39, 0.29) is 24.7 Å². The summed E-state index contributed by atoms with van der Waals surface area (Å²) in [5.41, 5.74) is 3.00. The van der Waals surface area contributed by atoms with Crippen LogP contribution >= 0.6 is 11.6 Å². The van der Waals surface area contributed by atoms with Crippen LogP contribution in [0.1, 0.15) is 20.7 Å². The topological polar surface area (TPSA) is 76.1 Å². The number of hydrogen-bond acceptors (Lipinski definition) is 3. The summed E-state index contributed by atoms with van der Waals surface area (Å²) in [6, 6.07) is 9.96. The third kappa shape index (κ3) is 4.53. The number of benzene rings is 1. The van der Waals surface area contributed by atoms with Gasteiger partial charge in [-0.3, -0.25) is 15.0 Å². The zero-order chi connectivity index (χ0) is 14.5. The van der Waals surface area contributed by atoms with E-state index < -0.39 is 5.91 Å². The van der Waals surface area contributed by atoms with Crippen LogP contribution in [0.4, 0.5) is 0 Å². The van der Waals surface area contributed by atoms with E-state index in [1.54, 1.807) is 53.4 Å². The molecule has 2 aromatic rings. The number of nitrogens with two attached hydrogens (primary N) is 1. The van der Waals surface area contributed by atoms with Gasteiger partial charge in [0.1, 0.15) is 5.56 Å². The average Bonchev–Trinajstić information content (AvgIpc) is 2.47. The van der Waals surface area contributed by atoms with Gasteiger partial charge < -0.3 is 12.4 Å². The van der Waals surface area contributed by atoms with Crippen LogP contribution in [-0.2, 0) is 6.54 Å². The molecule has 0 fully saturated rings. The number of hydrogen-bond donors (Lipinski definition) is 2. The minimum atomic E-state index is -0.404. The molecule has 0 bridgehead atoms. The summed E-state index contributed by atoms with van der Waals surface area (Å²) < 4.78 is 1.63. The fraction of sp³-hybridized carbons (Fsp3) is 0.0714. The van der Waals surface area contributed by atoms with Crippen molar-refractivity contribution < 1.29 is 26.6 Å². The van der Waals surface area contributed by atoms with Gasteiger partial charge in [-0.2, -0.15) is 4.57 Å². The van der Waals surface area contributed by atoms with E-state index in [1.807, 2.05) is 5.43 Å². The van der Waals surface area contributed by atoms with Crippen LogP contribution in [0.15, 0.2) is 48.8 Å². The first-order chi connectivity index (χ1) is 9.60. The molecule has 0 saturated heterocycles. The molecule has 0 saturated carbocycles. The van der Waals surface area contributed by atoms with Gasteiger partial charge in [-0.05, 0) is 30.3 Å². The predicted octanol–water partition coefficient (Wildman–Crippen LogP) is -1.88. The SMILES string of the molecule is NNC(=O)c1ccc[n+](CC(=O)c2ccc(Cl)cc2)c1.[Cl-]. The quantitative estimate of drug-likeness (QED) is 0.227. The van der Waals surface area contributed by atoms with Gasteiger partial charge in [-0.15, -0.1) is 0 Å². The Bertz CT molecular complexity index is 645. The molecule has 21 heavy (non-hydrogen) atoms. The number of nitrogens with zero attached hydrogens (tertiary/aromatic N) is 1. The maximum Gasteiger partial charge on any atom is 0.271 e. The molecule has 0 spiro atoms. The monoisotopic (exact) mass is 325 g/mol. The summed E-state index contributed by atoms with van der Waals surface area (Å²) in [5, 5.41) is 0.579.